The van der Waals surface area contributed by atoms with Gasteiger partial charge >= 0.3 is 5.97 Å². The van der Waals surface area contributed by atoms with Crippen molar-refractivity contribution >= 4 is 40.1 Å². The molecule has 1 aliphatic rings. The van der Waals surface area contributed by atoms with E-state index in [1.165, 1.54) is 17.4 Å². The standard InChI is InChI=1S/C36H33N3O6S/c1-6-38(7-2)34(41)30-21(4)37-36-39(32(30)31-26-11-9-8-10-22(26)13-16-28(31)44-5)33(40)29(46-36)19-24-14-17-27(45-24)25-15-12-23(35(42)43)18-20(25)3/h8-19,32H,6-7H2,1-5H3,(H,42,43)/b29-19+/t32-/m1/s1. The fourth-order valence-corrected chi connectivity index (χ4v) is 7.09. The molecule has 0 aliphatic carbocycles. The average Bonchev–Trinajstić information content (AvgIpc) is 3.63. The molecular weight excluding hydrogens is 602 g/mol. The van der Waals surface area contributed by atoms with Crippen LogP contribution in [-0.2, 0) is 4.79 Å². The van der Waals surface area contributed by atoms with E-state index >= 15 is 0 Å². The maximum atomic E-state index is 14.3. The Labute approximate surface area is 269 Å². The third-order valence-electron chi connectivity index (χ3n) is 8.37. The summed E-state index contributed by atoms with van der Waals surface area (Å²) in [5.41, 5.74) is 3.10. The summed E-state index contributed by atoms with van der Waals surface area (Å²) in [6, 6.07) is 19.3. The summed E-state index contributed by atoms with van der Waals surface area (Å²) in [6.45, 7) is 8.52. The summed E-state index contributed by atoms with van der Waals surface area (Å²) in [4.78, 5) is 46.9. The summed E-state index contributed by atoms with van der Waals surface area (Å²) < 4.78 is 14.0. The molecule has 0 bridgehead atoms. The Bertz CT molecular complexity index is 2240. The van der Waals surface area contributed by atoms with Gasteiger partial charge in [-0.05, 0) is 74.4 Å². The van der Waals surface area contributed by atoms with Crippen molar-refractivity contribution in [3.05, 3.63) is 120 Å². The van der Waals surface area contributed by atoms with E-state index in [0.717, 1.165) is 27.5 Å². The Hall–Kier alpha value is -5.22. The fourth-order valence-electron chi connectivity index (χ4n) is 6.06. The average molecular weight is 636 g/mol. The zero-order chi connectivity index (χ0) is 32.7. The highest BCUT2D eigenvalue weighted by atomic mass is 32.1. The molecule has 1 atom stereocenters. The molecule has 5 aromatic rings. The molecule has 3 heterocycles. The number of furan rings is 1. The van der Waals surface area contributed by atoms with E-state index in [1.807, 2.05) is 64.1 Å². The van der Waals surface area contributed by atoms with Crippen LogP contribution in [0.1, 0.15) is 54.1 Å². The summed E-state index contributed by atoms with van der Waals surface area (Å²) in [5, 5.41) is 11.2. The molecule has 3 aromatic carbocycles. The van der Waals surface area contributed by atoms with Crippen molar-refractivity contribution in [3.63, 3.8) is 0 Å². The van der Waals surface area contributed by atoms with E-state index in [0.29, 0.717) is 51.0 Å². The Morgan fingerprint density at radius 1 is 1.07 bits per heavy atom. The van der Waals surface area contributed by atoms with Gasteiger partial charge in [-0.3, -0.25) is 14.2 Å². The molecule has 234 valence electrons. The lowest BCUT2D eigenvalue weighted by molar-refractivity contribution is -0.127. The quantitative estimate of drug-likeness (QED) is 0.240. The van der Waals surface area contributed by atoms with Gasteiger partial charge in [0.05, 0.1) is 28.5 Å². The van der Waals surface area contributed by atoms with Gasteiger partial charge in [0.1, 0.15) is 23.3 Å². The van der Waals surface area contributed by atoms with Gasteiger partial charge < -0.3 is 19.2 Å². The third kappa shape index (κ3) is 5.24. The van der Waals surface area contributed by atoms with Crippen LogP contribution in [0.2, 0.25) is 0 Å². The van der Waals surface area contributed by atoms with Crippen LogP contribution < -0.4 is 19.6 Å². The first-order chi connectivity index (χ1) is 22.2. The Morgan fingerprint density at radius 3 is 2.52 bits per heavy atom. The van der Waals surface area contributed by atoms with Crippen molar-refractivity contribution in [2.75, 3.05) is 20.2 Å². The number of hydrogen-bond acceptors (Lipinski definition) is 7. The number of aromatic carboxylic acids is 1. The van der Waals surface area contributed by atoms with Crippen LogP contribution in [0.5, 0.6) is 5.75 Å². The lowest BCUT2D eigenvalue weighted by Crippen LogP contribution is -2.43. The predicted octanol–water partition coefficient (Wildman–Crippen LogP) is 5.53. The lowest BCUT2D eigenvalue weighted by Gasteiger charge is -2.30. The molecule has 1 amide bonds. The number of allylic oxidation sites excluding steroid dienone is 1. The van der Waals surface area contributed by atoms with Gasteiger partial charge in [0.15, 0.2) is 4.80 Å². The SMILES string of the molecule is CCN(CC)C(=O)C1=C(C)N=c2s/c(=C/c3ccc(-c4ccc(C(=O)O)cc4C)o3)c(=O)n2[C@H]1c1c(OC)ccc2ccccc12. The molecule has 2 aromatic heterocycles. The first-order valence-corrected chi connectivity index (χ1v) is 15.8. The number of carboxylic acids is 1. The number of methoxy groups -OCH3 is 1. The van der Waals surface area contributed by atoms with Gasteiger partial charge in [-0.25, -0.2) is 9.79 Å². The van der Waals surface area contributed by atoms with Crippen LogP contribution in [0.15, 0.2) is 92.2 Å². The minimum absolute atomic E-state index is 0.180. The summed E-state index contributed by atoms with van der Waals surface area (Å²) in [6.07, 6.45) is 1.68. The first kappa shape index (κ1) is 30.8. The van der Waals surface area contributed by atoms with E-state index < -0.39 is 12.0 Å². The molecule has 0 fully saturated rings. The Balaban J connectivity index is 1.55. The van der Waals surface area contributed by atoms with Crippen LogP contribution >= 0.6 is 11.3 Å². The summed E-state index contributed by atoms with van der Waals surface area (Å²) in [7, 11) is 1.59. The fraction of sp³-hybridized carbons (Fsp3) is 0.222. The second-order valence-corrected chi connectivity index (χ2v) is 12.0. The number of likely N-dealkylation sites (N-methyl/N-ethyl adjacent to an activating group) is 1. The van der Waals surface area contributed by atoms with Crippen molar-refractivity contribution in [3.8, 4) is 17.1 Å². The number of fused-ring (bicyclic) bond motifs is 2. The normalized spacial score (nSPS) is 14.7. The number of ether oxygens (including phenoxy) is 1. The second kappa shape index (κ2) is 12.3. The summed E-state index contributed by atoms with van der Waals surface area (Å²) in [5.74, 6) is 0.395. The van der Waals surface area contributed by atoms with Crippen molar-refractivity contribution in [1.29, 1.82) is 0 Å². The van der Waals surface area contributed by atoms with Gasteiger partial charge in [-0.1, -0.05) is 47.7 Å². The van der Waals surface area contributed by atoms with Crippen LogP contribution in [0.3, 0.4) is 0 Å². The molecule has 1 aliphatic heterocycles. The smallest absolute Gasteiger partial charge is 0.335 e. The molecule has 1 N–H and O–H groups in total. The number of carbonyl (C=O) groups excluding carboxylic acids is 1. The second-order valence-electron chi connectivity index (χ2n) is 11.0. The van der Waals surface area contributed by atoms with Crippen molar-refractivity contribution in [2.24, 2.45) is 4.99 Å². The predicted molar refractivity (Wildman–Crippen MR) is 178 cm³/mol. The minimum Gasteiger partial charge on any atom is -0.496 e. The number of rotatable bonds is 8. The highest BCUT2D eigenvalue weighted by Gasteiger charge is 2.36. The molecule has 0 unspecified atom stereocenters. The number of benzene rings is 3. The van der Waals surface area contributed by atoms with Gasteiger partial charge in [-0.15, -0.1) is 0 Å². The van der Waals surface area contributed by atoms with E-state index in [9.17, 15) is 19.5 Å². The van der Waals surface area contributed by atoms with Crippen LogP contribution in [0, 0.1) is 6.92 Å². The Morgan fingerprint density at radius 2 is 1.83 bits per heavy atom. The molecule has 10 heteroatoms. The van der Waals surface area contributed by atoms with Gasteiger partial charge in [0.2, 0.25) is 0 Å². The van der Waals surface area contributed by atoms with E-state index in [2.05, 4.69) is 0 Å². The monoisotopic (exact) mass is 635 g/mol. The van der Waals surface area contributed by atoms with E-state index in [1.54, 1.807) is 46.9 Å². The van der Waals surface area contributed by atoms with Gasteiger partial charge in [0.25, 0.3) is 11.5 Å². The lowest BCUT2D eigenvalue weighted by atomic mass is 9.90. The summed E-state index contributed by atoms with van der Waals surface area (Å²) >= 11 is 1.23. The molecule has 0 radical (unpaired) electrons. The molecule has 0 spiro atoms. The number of aryl methyl sites for hydroxylation is 1. The molecular formula is C36H33N3O6S. The zero-order valence-electron chi connectivity index (χ0n) is 26.2. The van der Waals surface area contributed by atoms with Gasteiger partial charge in [0, 0.05) is 30.3 Å². The van der Waals surface area contributed by atoms with Gasteiger partial charge in [-0.2, -0.15) is 0 Å². The van der Waals surface area contributed by atoms with Crippen molar-refractivity contribution < 1.29 is 23.8 Å². The van der Waals surface area contributed by atoms with Crippen LogP contribution in [0.4, 0.5) is 0 Å². The maximum Gasteiger partial charge on any atom is 0.335 e. The highest BCUT2D eigenvalue weighted by molar-refractivity contribution is 7.07. The molecule has 6 rings (SSSR count). The molecule has 0 saturated carbocycles. The number of thiazole rings is 1. The Kier molecular flexibility index (Phi) is 8.22. The van der Waals surface area contributed by atoms with E-state index in [-0.39, 0.29) is 17.0 Å². The number of carboxylic acid groups (broad SMARTS) is 1. The van der Waals surface area contributed by atoms with Crippen molar-refractivity contribution in [2.45, 2.75) is 33.7 Å². The molecule has 0 saturated heterocycles. The van der Waals surface area contributed by atoms with E-state index in [4.69, 9.17) is 14.1 Å². The number of amides is 1. The number of carbonyl (C=O) groups is 2. The number of nitrogens with zero attached hydrogens (tertiary/aromatic N) is 3. The zero-order valence-corrected chi connectivity index (χ0v) is 27.0. The first-order valence-electron chi connectivity index (χ1n) is 15.0. The topological polar surface area (TPSA) is 114 Å². The van der Waals surface area contributed by atoms with Crippen LogP contribution in [0.25, 0.3) is 28.2 Å². The minimum atomic E-state index is -0.998. The molecule has 9 nitrogen and oxygen atoms in total. The number of hydrogen-bond donors (Lipinski definition) is 1. The maximum absolute atomic E-state index is 14.3. The highest BCUT2D eigenvalue weighted by Crippen LogP contribution is 2.40. The van der Waals surface area contributed by atoms with Crippen LogP contribution in [-0.4, -0.2) is 46.6 Å². The number of aromatic nitrogens is 1. The largest absolute Gasteiger partial charge is 0.496 e. The third-order valence-corrected chi connectivity index (χ3v) is 9.35. The molecule has 46 heavy (non-hydrogen) atoms. The van der Waals surface area contributed by atoms with Crippen molar-refractivity contribution in [1.82, 2.24) is 9.47 Å².